The second-order valence-electron chi connectivity index (χ2n) is 6.92. The fraction of sp³-hybridized carbons (Fsp3) is 0.318. The van der Waals surface area contributed by atoms with Gasteiger partial charge in [-0.25, -0.2) is 0 Å². The van der Waals surface area contributed by atoms with Gasteiger partial charge >= 0.3 is 0 Å². The molecule has 0 spiro atoms. The van der Waals surface area contributed by atoms with Crippen molar-refractivity contribution in [1.29, 1.82) is 0 Å². The number of benzene rings is 2. The van der Waals surface area contributed by atoms with Gasteiger partial charge in [0.2, 0.25) is 0 Å². The second kappa shape index (κ2) is 8.62. The first-order valence-electron chi connectivity index (χ1n) is 9.19. The Morgan fingerprint density at radius 3 is 2.48 bits per heavy atom. The summed E-state index contributed by atoms with van der Waals surface area (Å²) < 4.78 is 10.8. The van der Waals surface area contributed by atoms with Gasteiger partial charge in [0.1, 0.15) is 17.2 Å². The zero-order chi connectivity index (χ0) is 19.2. The lowest BCUT2D eigenvalue weighted by atomic mass is 10.0. The minimum atomic E-state index is 0.533. The maximum absolute atomic E-state index is 5.52. The summed E-state index contributed by atoms with van der Waals surface area (Å²) in [6.45, 7) is 5.05. The highest BCUT2D eigenvalue weighted by Crippen LogP contribution is 2.32. The van der Waals surface area contributed by atoms with Crippen molar-refractivity contribution in [3.05, 3.63) is 59.8 Å². The van der Waals surface area contributed by atoms with Crippen LogP contribution in [0.2, 0.25) is 0 Å². The molecule has 0 amide bonds. The van der Waals surface area contributed by atoms with Crippen LogP contribution >= 0.6 is 0 Å². The number of anilines is 1. The Hall–Kier alpha value is -2.95. The average Bonchev–Trinajstić information content (AvgIpc) is 3.08. The van der Waals surface area contributed by atoms with Gasteiger partial charge in [-0.2, -0.15) is 5.10 Å². The normalized spacial score (nSPS) is 10.9. The molecule has 1 heterocycles. The van der Waals surface area contributed by atoms with Crippen LogP contribution in [0.4, 0.5) is 5.69 Å². The molecule has 2 aromatic carbocycles. The lowest BCUT2D eigenvalue weighted by Crippen LogP contribution is -2.05. The monoisotopic (exact) mass is 365 g/mol. The molecule has 0 fully saturated rings. The van der Waals surface area contributed by atoms with Crippen molar-refractivity contribution in [1.82, 2.24) is 10.2 Å². The van der Waals surface area contributed by atoms with E-state index >= 15 is 0 Å². The lowest BCUT2D eigenvalue weighted by Gasteiger charge is -2.14. The number of methoxy groups -OCH3 is 2. The molecule has 0 radical (unpaired) electrons. The Morgan fingerprint density at radius 1 is 1.04 bits per heavy atom. The molecule has 0 aliphatic carbocycles. The highest BCUT2D eigenvalue weighted by atomic mass is 16.5. The van der Waals surface area contributed by atoms with E-state index in [-0.39, 0.29) is 0 Å². The van der Waals surface area contributed by atoms with Gasteiger partial charge in [-0.3, -0.25) is 5.10 Å². The van der Waals surface area contributed by atoms with Gasteiger partial charge in [-0.05, 0) is 24.5 Å². The van der Waals surface area contributed by atoms with E-state index in [2.05, 4.69) is 41.5 Å². The molecule has 0 bridgehead atoms. The Balaban J connectivity index is 1.90. The zero-order valence-electron chi connectivity index (χ0n) is 16.4. The van der Waals surface area contributed by atoms with Crippen LogP contribution in [0.5, 0.6) is 11.5 Å². The van der Waals surface area contributed by atoms with Crippen LogP contribution in [0.25, 0.3) is 11.3 Å². The summed E-state index contributed by atoms with van der Waals surface area (Å²) >= 11 is 0. The second-order valence-corrected chi connectivity index (χ2v) is 6.92. The number of hydrogen-bond donors (Lipinski definition) is 2. The average molecular weight is 365 g/mol. The number of rotatable bonds is 8. The smallest absolute Gasteiger partial charge is 0.127 e. The zero-order valence-corrected chi connectivity index (χ0v) is 16.4. The number of aromatic amines is 1. The van der Waals surface area contributed by atoms with Gasteiger partial charge in [0.05, 0.1) is 25.6 Å². The van der Waals surface area contributed by atoms with E-state index in [1.54, 1.807) is 14.2 Å². The number of nitrogens with one attached hydrogen (secondary N) is 2. The Morgan fingerprint density at radius 2 is 1.81 bits per heavy atom. The van der Waals surface area contributed by atoms with E-state index in [9.17, 15) is 0 Å². The highest BCUT2D eigenvalue weighted by Gasteiger charge is 2.16. The Kier molecular flexibility index (Phi) is 6.01. The van der Waals surface area contributed by atoms with E-state index in [0.29, 0.717) is 12.5 Å². The molecule has 0 saturated carbocycles. The predicted octanol–water partition coefficient (Wildman–Crippen LogP) is 4.90. The van der Waals surface area contributed by atoms with Crippen molar-refractivity contribution in [3.63, 3.8) is 0 Å². The summed E-state index contributed by atoms with van der Waals surface area (Å²) in [6.07, 6.45) is 0.932. The van der Waals surface area contributed by atoms with Crippen LogP contribution < -0.4 is 14.8 Å². The number of H-pyrrole nitrogens is 1. The molecule has 0 saturated heterocycles. The number of ether oxygens (including phenoxy) is 2. The molecule has 27 heavy (non-hydrogen) atoms. The van der Waals surface area contributed by atoms with Gasteiger partial charge in [0.15, 0.2) is 0 Å². The third-order valence-electron chi connectivity index (χ3n) is 4.45. The highest BCUT2D eigenvalue weighted by molar-refractivity contribution is 5.76. The van der Waals surface area contributed by atoms with Crippen LogP contribution in [0.15, 0.2) is 48.5 Å². The van der Waals surface area contributed by atoms with Crippen molar-refractivity contribution in [2.75, 3.05) is 19.5 Å². The summed E-state index contributed by atoms with van der Waals surface area (Å²) in [4.78, 5) is 0. The third kappa shape index (κ3) is 4.42. The Bertz CT molecular complexity index is 873. The Labute approximate surface area is 160 Å². The van der Waals surface area contributed by atoms with Gasteiger partial charge in [0, 0.05) is 23.7 Å². The molecule has 2 N–H and O–H groups in total. The molecule has 0 aliphatic rings. The van der Waals surface area contributed by atoms with Gasteiger partial charge in [-0.1, -0.05) is 44.2 Å². The largest absolute Gasteiger partial charge is 0.497 e. The van der Waals surface area contributed by atoms with Crippen LogP contribution in [0.1, 0.15) is 25.1 Å². The van der Waals surface area contributed by atoms with E-state index in [1.165, 1.54) is 0 Å². The summed E-state index contributed by atoms with van der Waals surface area (Å²) in [7, 11) is 3.33. The maximum Gasteiger partial charge on any atom is 0.127 e. The van der Waals surface area contributed by atoms with E-state index in [4.69, 9.17) is 9.47 Å². The topological polar surface area (TPSA) is 59.2 Å². The fourth-order valence-electron chi connectivity index (χ4n) is 3.11. The van der Waals surface area contributed by atoms with Gasteiger partial charge < -0.3 is 14.8 Å². The van der Waals surface area contributed by atoms with Gasteiger partial charge in [-0.15, -0.1) is 0 Å². The standard InChI is InChI=1S/C22H27N3O2/c1-15(2)12-19-22(21(25-24-19)16-8-6-5-7-9-16)23-14-17-10-11-18(26-3)13-20(17)27-4/h5-11,13,15,23H,12,14H2,1-4H3,(H,24,25). The molecular formula is C22H27N3O2. The summed E-state index contributed by atoms with van der Waals surface area (Å²) in [5.41, 5.74) is 5.27. The quantitative estimate of drug-likeness (QED) is 0.596. The van der Waals surface area contributed by atoms with Crippen molar-refractivity contribution < 1.29 is 9.47 Å². The predicted molar refractivity (Wildman–Crippen MR) is 109 cm³/mol. The van der Waals surface area contributed by atoms with Crippen LogP contribution in [-0.2, 0) is 13.0 Å². The molecule has 142 valence electrons. The molecule has 1 aromatic heterocycles. The van der Waals surface area contributed by atoms with Crippen molar-refractivity contribution >= 4 is 5.69 Å². The van der Waals surface area contributed by atoms with E-state index in [0.717, 1.165) is 46.1 Å². The molecule has 0 unspecified atom stereocenters. The van der Waals surface area contributed by atoms with E-state index < -0.39 is 0 Å². The van der Waals surface area contributed by atoms with Gasteiger partial charge in [0.25, 0.3) is 0 Å². The summed E-state index contributed by atoms with van der Waals surface area (Å²) in [6, 6.07) is 16.1. The van der Waals surface area contributed by atoms with Crippen LogP contribution in [0, 0.1) is 5.92 Å². The molecule has 0 atom stereocenters. The maximum atomic E-state index is 5.52. The first kappa shape index (κ1) is 18.8. The van der Waals surface area contributed by atoms with Crippen LogP contribution in [-0.4, -0.2) is 24.4 Å². The minimum Gasteiger partial charge on any atom is -0.497 e. The van der Waals surface area contributed by atoms with Crippen molar-refractivity contribution in [2.45, 2.75) is 26.8 Å². The minimum absolute atomic E-state index is 0.533. The first-order valence-corrected chi connectivity index (χ1v) is 9.19. The third-order valence-corrected chi connectivity index (χ3v) is 4.45. The number of hydrogen-bond acceptors (Lipinski definition) is 4. The van der Waals surface area contributed by atoms with Crippen molar-refractivity contribution in [3.8, 4) is 22.8 Å². The van der Waals surface area contributed by atoms with Crippen LogP contribution in [0.3, 0.4) is 0 Å². The summed E-state index contributed by atoms with van der Waals surface area (Å²) in [5.74, 6) is 2.12. The van der Waals surface area contributed by atoms with Crippen molar-refractivity contribution in [2.24, 2.45) is 5.92 Å². The molecule has 0 aliphatic heterocycles. The molecule has 5 heteroatoms. The molecule has 3 aromatic rings. The molecule has 3 rings (SSSR count). The SMILES string of the molecule is COc1ccc(CNc2c(-c3ccccc3)n[nH]c2CC(C)C)c(OC)c1. The molecular weight excluding hydrogens is 338 g/mol. The van der Waals surface area contributed by atoms with E-state index in [1.807, 2.05) is 36.4 Å². The lowest BCUT2D eigenvalue weighted by molar-refractivity contribution is 0.391. The molecule has 5 nitrogen and oxygen atoms in total. The number of aromatic nitrogens is 2. The first-order chi connectivity index (χ1) is 13.1. The number of nitrogens with zero attached hydrogens (tertiary/aromatic N) is 1. The fourth-order valence-corrected chi connectivity index (χ4v) is 3.11. The summed E-state index contributed by atoms with van der Waals surface area (Å²) in [5, 5.41) is 11.4.